The van der Waals surface area contributed by atoms with Crippen molar-refractivity contribution >= 4 is 5.78 Å². The summed E-state index contributed by atoms with van der Waals surface area (Å²) in [5.74, 6) is 0.0989. The van der Waals surface area contributed by atoms with Gasteiger partial charge in [0.1, 0.15) is 0 Å². The van der Waals surface area contributed by atoms with Crippen LogP contribution in [0.25, 0.3) is 0 Å². The Kier molecular flexibility index (Phi) is 5.86. The first-order chi connectivity index (χ1) is 9.11. The van der Waals surface area contributed by atoms with Crippen molar-refractivity contribution in [3.63, 3.8) is 0 Å². The molecule has 0 atom stereocenters. The minimum absolute atomic E-state index is 0.0989. The maximum atomic E-state index is 12.2. The van der Waals surface area contributed by atoms with Crippen LogP contribution in [-0.2, 0) is 0 Å². The molecule has 0 unspecified atom stereocenters. The van der Waals surface area contributed by atoms with Crippen molar-refractivity contribution in [2.24, 2.45) is 0 Å². The summed E-state index contributed by atoms with van der Waals surface area (Å²) in [5, 5.41) is 0. The van der Waals surface area contributed by atoms with Gasteiger partial charge in [0.2, 0.25) is 6.93 Å². The van der Waals surface area contributed by atoms with E-state index in [1.165, 1.54) is 0 Å². The summed E-state index contributed by atoms with van der Waals surface area (Å²) in [6.07, 6.45) is 0. The smallest absolute Gasteiger partial charge is 0.229 e. The number of halogens is 2. The van der Waals surface area contributed by atoms with Crippen LogP contribution in [0.1, 0.15) is 27.0 Å². The van der Waals surface area contributed by atoms with Crippen molar-refractivity contribution < 1.29 is 13.6 Å². The first kappa shape index (κ1) is 15.0. The van der Waals surface area contributed by atoms with Crippen molar-refractivity contribution in [3.05, 3.63) is 70.8 Å². The molecular formula is C16H16F2O. The molecule has 0 amide bonds. The monoisotopic (exact) mass is 262 g/mol. The number of rotatable bonds is 2. The number of benzene rings is 2. The topological polar surface area (TPSA) is 17.1 Å². The van der Waals surface area contributed by atoms with Gasteiger partial charge < -0.3 is 0 Å². The lowest BCUT2D eigenvalue weighted by Gasteiger charge is -2.07. The zero-order chi connectivity index (χ0) is 14.3. The molecule has 19 heavy (non-hydrogen) atoms. The number of hydrogen-bond acceptors (Lipinski definition) is 1. The maximum Gasteiger partial charge on any atom is 0.229 e. The summed E-state index contributed by atoms with van der Waals surface area (Å²) in [4.78, 5) is 12.2. The summed E-state index contributed by atoms with van der Waals surface area (Å²) in [6, 6.07) is 15.2. The zero-order valence-electron chi connectivity index (χ0n) is 11.0. The van der Waals surface area contributed by atoms with E-state index < -0.39 is 6.93 Å². The summed E-state index contributed by atoms with van der Waals surface area (Å²) >= 11 is 0. The Morgan fingerprint density at radius 3 is 2.11 bits per heavy atom. The van der Waals surface area contributed by atoms with Gasteiger partial charge in [-0.3, -0.25) is 4.79 Å². The van der Waals surface area contributed by atoms with Gasteiger partial charge in [-0.05, 0) is 25.0 Å². The van der Waals surface area contributed by atoms with Crippen LogP contribution in [-0.4, -0.2) is 12.7 Å². The lowest BCUT2D eigenvalue weighted by Crippen LogP contribution is -2.04. The maximum absolute atomic E-state index is 12.2. The minimum atomic E-state index is -1.75. The molecule has 0 radical (unpaired) electrons. The van der Waals surface area contributed by atoms with Gasteiger partial charge in [-0.15, -0.1) is 0 Å². The normalized spacial score (nSPS) is 9.47. The molecule has 0 saturated heterocycles. The summed E-state index contributed by atoms with van der Waals surface area (Å²) in [5.41, 5.74) is 3.76. The predicted octanol–water partition coefficient (Wildman–Crippen LogP) is 4.42. The molecule has 2 rings (SSSR count). The molecule has 0 aromatic heterocycles. The fraction of sp³-hybridized carbons (Fsp3) is 0.188. The highest BCUT2D eigenvalue weighted by molar-refractivity contribution is 6.09. The SMILES string of the molecule is Cc1cccc(C(=O)c2ccccc2)c1C.FCF. The molecule has 0 heterocycles. The van der Waals surface area contributed by atoms with Crippen LogP contribution >= 0.6 is 0 Å². The number of carbonyl (C=O) groups is 1. The van der Waals surface area contributed by atoms with E-state index in [0.717, 1.165) is 22.3 Å². The first-order valence-corrected chi connectivity index (χ1v) is 5.89. The molecular weight excluding hydrogens is 246 g/mol. The Hall–Kier alpha value is -2.03. The van der Waals surface area contributed by atoms with E-state index in [0.29, 0.717) is 0 Å². The fourth-order valence-corrected chi connectivity index (χ4v) is 1.74. The van der Waals surface area contributed by atoms with Crippen LogP contribution in [0.4, 0.5) is 8.78 Å². The number of hydrogen-bond donors (Lipinski definition) is 0. The van der Waals surface area contributed by atoms with E-state index in [9.17, 15) is 13.6 Å². The summed E-state index contributed by atoms with van der Waals surface area (Å²) in [7, 11) is 0. The molecule has 2 aromatic carbocycles. The molecule has 0 bridgehead atoms. The van der Waals surface area contributed by atoms with E-state index in [1.54, 1.807) is 0 Å². The van der Waals surface area contributed by atoms with Gasteiger partial charge >= 0.3 is 0 Å². The van der Waals surface area contributed by atoms with E-state index in [2.05, 4.69) is 0 Å². The molecule has 0 spiro atoms. The highest BCUT2D eigenvalue weighted by Crippen LogP contribution is 2.16. The average Bonchev–Trinajstić information content (AvgIpc) is 2.43. The van der Waals surface area contributed by atoms with E-state index in [1.807, 2.05) is 62.4 Å². The van der Waals surface area contributed by atoms with Crippen LogP contribution < -0.4 is 0 Å². The lowest BCUT2D eigenvalue weighted by molar-refractivity contribution is 0.103. The van der Waals surface area contributed by atoms with Crippen molar-refractivity contribution in [1.82, 2.24) is 0 Å². The molecule has 2 aromatic rings. The molecule has 1 nitrogen and oxygen atoms in total. The largest absolute Gasteiger partial charge is 0.289 e. The summed E-state index contributed by atoms with van der Waals surface area (Å²) < 4.78 is 19.2. The number of aryl methyl sites for hydroxylation is 1. The average molecular weight is 262 g/mol. The highest BCUT2D eigenvalue weighted by Gasteiger charge is 2.11. The Bertz CT molecular complexity index is 536. The molecule has 0 aliphatic rings. The predicted molar refractivity (Wildman–Crippen MR) is 72.9 cm³/mol. The van der Waals surface area contributed by atoms with Crippen molar-refractivity contribution in [2.75, 3.05) is 6.93 Å². The van der Waals surface area contributed by atoms with Gasteiger partial charge in [0, 0.05) is 11.1 Å². The number of ketones is 1. The Balaban J connectivity index is 0.000000550. The third-order valence-electron chi connectivity index (χ3n) is 2.89. The third kappa shape index (κ3) is 3.98. The number of carbonyl (C=O) groups excluding carboxylic acids is 1. The molecule has 0 fully saturated rings. The van der Waals surface area contributed by atoms with Crippen LogP contribution in [0.3, 0.4) is 0 Å². The Labute approximate surface area is 111 Å². The second-order valence-corrected chi connectivity index (χ2v) is 4.04. The van der Waals surface area contributed by atoms with Crippen LogP contribution in [0.5, 0.6) is 0 Å². The van der Waals surface area contributed by atoms with Gasteiger partial charge in [-0.1, -0.05) is 48.5 Å². The van der Waals surface area contributed by atoms with Crippen LogP contribution in [0.2, 0.25) is 0 Å². The second kappa shape index (κ2) is 7.41. The Morgan fingerprint density at radius 2 is 1.53 bits per heavy atom. The van der Waals surface area contributed by atoms with Crippen molar-refractivity contribution in [2.45, 2.75) is 13.8 Å². The Morgan fingerprint density at radius 1 is 0.947 bits per heavy atom. The first-order valence-electron chi connectivity index (χ1n) is 5.89. The van der Waals surface area contributed by atoms with Crippen molar-refractivity contribution in [3.8, 4) is 0 Å². The molecule has 0 aliphatic carbocycles. The van der Waals surface area contributed by atoms with E-state index in [-0.39, 0.29) is 5.78 Å². The zero-order valence-corrected chi connectivity index (χ0v) is 11.0. The standard InChI is InChI=1S/C15H14O.CH2F2/c1-11-7-6-10-14(12(11)2)15(16)13-8-4-3-5-9-13;2-1-3/h3-10H,1-2H3;1H2. The van der Waals surface area contributed by atoms with Crippen molar-refractivity contribution in [1.29, 1.82) is 0 Å². The van der Waals surface area contributed by atoms with E-state index in [4.69, 9.17) is 0 Å². The second-order valence-electron chi connectivity index (χ2n) is 4.04. The fourth-order valence-electron chi connectivity index (χ4n) is 1.74. The van der Waals surface area contributed by atoms with Gasteiger partial charge in [0.15, 0.2) is 5.78 Å². The highest BCUT2D eigenvalue weighted by atomic mass is 19.3. The minimum Gasteiger partial charge on any atom is -0.289 e. The molecule has 0 aliphatic heterocycles. The number of alkyl halides is 2. The molecule has 100 valence electrons. The van der Waals surface area contributed by atoms with Gasteiger partial charge in [-0.25, -0.2) is 8.78 Å². The third-order valence-corrected chi connectivity index (χ3v) is 2.89. The quantitative estimate of drug-likeness (QED) is 0.732. The molecule has 0 saturated carbocycles. The molecule has 0 N–H and O–H groups in total. The van der Waals surface area contributed by atoms with Gasteiger partial charge in [0.25, 0.3) is 0 Å². The van der Waals surface area contributed by atoms with E-state index >= 15 is 0 Å². The molecule has 3 heteroatoms. The van der Waals surface area contributed by atoms with Gasteiger partial charge in [-0.2, -0.15) is 0 Å². The van der Waals surface area contributed by atoms with Crippen LogP contribution in [0.15, 0.2) is 48.5 Å². The lowest BCUT2D eigenvalue weighted by atomic mass is 9.96. The van der Waals surface area contributed by atoms with Gasteiger partial charge in [0.05, 0.1) is 0 Å². The van der Waals surface area contributed by atoms with Crippen LogP contribution in [0, 0.1) is 13.8 Å². The summed E-state index contributed by atoms with van der Waals surface area (Å²) in [6.45, 7) is 2.27.